The first kappa shape index (κ1) is 8.12. The average Bonchev–Trinajstić information content (AvgIpc) is 2.56. The number of nitrogens with zero attached hydrogens (tertiary/aromatic N) is 4. The highest BCUT2D eigenvalue weighted by Crippen LogP contribution is 2.16. The van der Waals surface area contributed by atoms with Crippen molar-refractivity contribution in [2.24, 2.45) is 0 Å². The van der Waals surface area contributed by atoms with Crippen molar-refractivity contribution in [3.63, 3.8) is 0 Å². The van der Waals surface area contributed by atoms with Crippen molar-refractivity contribution in [3.8, 4) is 5.69 Å². The van der Waals surface area contributed by atoms with Gasteiger partial charge in [0.15, 0.2) is 0 Å². The number of halogens is 2. The molecule has 0 unspecified atom stereocenters. The number of hydrogen-bond acceptors (Lipinski definition) is 3. The summed E-state index contributed by atoms with van der Waals surface area (Å²) in [5, 5.41) is 10.7. The van der Waals surface area contributed by atoms with E-state index in [1.54, 1.807) is 6.07 Å². The summed E-state index contributed by atoms with van der Waals surface area (Å²) in [5.41, 5.74) is 0.273. The Morgan fingerprint density at radius 2 is 2.23 bits per heavy atom. The molecule has 66 valence electrons. The minimum Gasteiger partial charge on any atom is -0.205 e. The van der Waals surface area contributed by atoms with Gasteiger partial charge in [-0.3, -0.25) is 0 Å². The van der Waals surface area contributed by atoms with Crippen LogP contribution in [0.1, 0.15) is 0 Å². The fraction of sp³-hybridized carbons (Fsp3) is 0. The van der Waals surface area contributed by atoms with Crippen LogP contribution in [0.5, 0.6) is 0 Å². The molecule has 0 aliphatic heterocycles. The SMILES string of the molecule is Fc1cc(Cl)ccc1-n1cnnn1. The van der Waals surface area contributed by atoms with E-state index in [4.69, 9.17) is 11.6 Å². The molecule has 0 aliphatic carbocycles. The van der Waals surface area contributed by atoms with Crippen molar-refractivity contribution in [2.75, 3.05) is 0 Å². The first-order valence-corrected chi connectivity index (χ1v) is 3.83. The van der Waals surface area contributed by atoms with Gasteiger partial charge in [0.05, 0.1) is 0 Å². The molecule has 4 nitrogen and oxygen atoms in total. The van der Waals surface area contributed by atoms with Gasteiger partial charge in [-0.2, -0.15) is 4.68 Å². The Kier molecular flexibility index (Phi) is 1.94. The normalized spacial score (nSPS) is 10.3. The van der Waals surface area contributed by atoms with Crippen molar-refractivity contribution in [1.82, 2.24) is 20.2 Å². The molecule has 1 aromatic heterocycles. The molecule has 0 amide bonds. The molecule has 0 bridgehead atoms. The summed E-state index contributed by atoms with van der Waals surface area (Å²) in [7, 11) is 0. The van der Waals surface area contributed by atoms with Crippen LogP contribution < -0.4 is 0 Å². The van der Waals surface area contributed by atoms with Gasteiger partial charge >= 0.3 is 0 Å². The zero-order chi connectivity index (χ0) is 9.26. The summed E-state index contributed by atoms with van der Waals surface area (Å²) in [5.74, 6) is -0.459. The molecule has 1 aromatic carbocycles. The van der Waals surface area contributed by atoms with E-state index < -0.39 is 5.82 Å². The Bertz CT molecular complexity index is 414. The quantitative estimate of drug-likeness (QED) is 0.697. The van der Waals surface area contributed by atoms with Gasteiger partial charge in [0.1, 0.15) is 17.8 Å². The summed E-state index contributed by atoms with van der Waals surface area (Å²) >= 11 is 5.58. The predicted molar refractivity (Wildman–Crippen MR) is 44.1 cm³/mol. The molecule has 2 rings (SSSR count). The molecule has 0 aliphatic rings. The zero-order valence-corrected chi connectivity index (χ0v) is 7.11. The van der Waals surface area contributed by atoms with Crippen LogP contribution in [0.25, 0.3) is 5.69 Å². The minimum atomic E-state index is -0.459. The van der Waals surface area contributed by atoms with Crippen LogP contribution in [0, 0.1) is 5.82 Å². The predicted octanol–water partition coefficient (Wildman–Crippen LogP) is 1.45. The van der Waals surface area contributed by atoms with E-state index >= 15 is 0 Å². The fourth-order valence-electron chi connectivity index (χ4n) is 0.939. The smallest absolute Gasteiger partial charge is 0.150 e. The first-order chi connectivity index (χ1) is 6.27. The topological polar surface area (TPSA) is 43.6 Å². The maximum atomic E-state index is 13.2. The van der Waals surface area contributed by atoms with Crippen LogP contribution in [0.4, 0.5) is 4.39 Å². The largest absolute Gasteiger partial charge is 0.205 e. The summed E-state index contributed by atoms with van der Waals surface area (Å²) in [6, 6.07) is 4.29. The molecule has 0 saturated heterocycles. The molecular formula is C7H4ClFN4. The van der Waals surface area contributed by atoms with E-state index in [1.165, 1.54) is 23.1 Å². The van der Waals surface area contributed by atoms with Crippen LogP contribution in [0.2, 0.25) is 5.02 Å². The Morgan fingerprint density at radius 3 is 2.85 bits per heavy atom. The van der Waals surface area contributed by atoms with Crippen LogP contribution in [0.15, 0.2) is 24.5 Å². The molecule has 13 heavy (non-hydrogen) atoms. The number of aromatic nitrogens is 4. The first-order valence-electron chi connectivity index (χ1n) is 3.46. The Morgan fingerprint density at radius 1 is 1.38 bits per heavy atom. The van der Waals surface area contributed by atoms with Gasteiger partial charge in [0.25, 0.3) is 0 Å². The lowest BCUT2D eigenvalue weighted by Gasteiger charge is -2.00. The highest BCUT2D eigenvalue weighted by molar-refractivity contribution is 6.30. The second kappa shape index (κ2) is 3.10. The number of tetrazole rings is 1. The van der Waals surface area contributed by atoms with Crippen LogP contribution in [-0.4, -0.2) is 20.2 Å². The van der Waals surface area contributed by atoms with Crippen molar-refractivity contribution >= 4 is 11.6 Å². The molecular weight excluding hydrogens is 195 g/mol. The lowest BCUT2D eigenvalue weighted by Crippen LogP contribution is -1.98. The van der Waals surface area contributed by atoms with Crippen LogP contribution in [0.3, 0.4) is 0 Å². The van der Waals surface area contributed by atoms with Gasteiger partial charge in [-0.1, -0.05) is 11.6 Å². The minimum absolute atomic E-state index is 0.273. The van der Waals surface area contributed by atoms with Crippen LogP contribution in [-0.2, 0) is 0 Å². The maximum absolute atomic E-state index is 13.2. The average molecular weight is 199 g/mol. The Hall–Kier alpha value is -1.49. The highest BCUT2D eigenvalue weighted by Gasteiger charge is 2.05. The molecule has 0 radical (unpaired) electrons. The fourth-order valence-corrected chi connectivity index (χ4v) is 1.10. The summed E-state index contributed by atoms with van der Waals surface area (Å²) in [6.45, 7) is 0. The van der Waals surface area contributed by atoms with Gasteiger partial charge in [0.2, 0.25) is 0 Å². The van der Waals surface area contributed by atoms with Crippen molar-refractivity contribution in [3.05, 3.63) is 35.4 Å². The second-order valence-corrected chi connectivity index (χ2v) is 2.79. The Labute approximate surface area is 77.9 Å². The van der Waals surface area contributed by atoms with Gasteiger partial charge in [-0.05, 0) is 28.6 Å². The van der Waals surface area contributed by atoms with E-state index in [0.29, 0.717) is 5.02 Å². The van der Waals surface area contributed by atoms with E-state index in [9.17, 15) is 4.39 Å². The van der Waals surface area contributed by atoms with Crippen molar-refractivity contribution in [1.29, 1.82) is 0 Å². The Balaban J connectivity index is 2.53. The third-order valence-corrected chi connectivity index (χ3v) is 1.74. The lowest BCUT2D eigenvalue weighted by atomic mass is 10.3. The van der Waals surface area contributed by atoms with E-state index in [-0.39, 0.29) is 5.69 Å². The number of benzene rings is 1. The van der Waals surface area contributed by atoms with Gasteiger partial charge in [-0.15, -0.1) is 5.10 Å². The monoisotopic (exact) mass is 198 g/mol. The molecule has 6 heteroatoms. The van der Waals surface area contributed by atoms with E-state index in [0.717, 1.165) is 0 Å². The molecule has 0 atom stereocenters. The molecule has 0 saturated carbocycles. The van der Waals surface area contributed by atoms with Crippen LogP contribution >= 0.6 is 11.6 Å². The van der Waals surface area contributed by atoms with E-state index in [1.807, 2.05) is 0 Å². The molecule has 0 fully saturated rings. The molecule has 2 aromatic rings. The molecule has 0 N–H and O–H groups in total. The van der Waals surface area contributed by atoms with Gasteiger partial charge in [-0.25, -0.2) is 4.39 Å². The van der Waals surface area contributed by atoms with E-state index in [2.05, 4.69) is 15.5 Å². The van der Waals surface area contributed by atoms with Crippen molar-refractivity contribution < 1.29 is 4.39 Å². The standard InChI is InChI=1S/C7H4ClFN4/c8-5-1-2-7(6(9)3-5)13-4-10-11-12-13/h1-4H. The van der Waals surface area contributed by atoms with Gasteiger partial charge in [0, 0.05) is 5.02 Å². The number of rotatable bonds is 1. The van der Waals surface area contributed by atoms with Gasteiger partial charge < -0.3 is 0 Å². The summed E-state index contributed by atoms with van der Waals surface area (Å²) in [6.07, 6.45) is 1.31. The lowest BCUT2D eigenvalue weighted by molar-refractivity contribution is 0.607. The summed E-state index contributed by atoms with van der Waals surface area (Å²) in [4.78, 5) is 0. The zero-order valence-electron chi connectivity index (χ0n) is 6.35. The second-order valence-electron chi connectivity index (χ2n) is 2.35. The third-order valence-electron chi connectivity index (χ3n) is 1.51. The molecule has 1 heterocycles. The maximum Gasteiger partial charge on any atom is 0.150 e. The number of hydrogen-bond donors (Lipinski definition) is 0. The molecule has 0 spiro atoms. The third kappa shape index (κ3) is 1.50. The van der Waals surface area contributed by atoms with Crippen molar-refractivity contribution in [2.45, 2.75) is 0 Å². The summed E-state index contributed by atoms with van der Waals surface area (Å²) < 4.78 is 14.4. The highest BCUT2D eigenvalue weighted by atomic mass is 35.5.